The quantitative estimate of drug-likeness (QED) is 0.521. The fourth-order valence-corrected chi connectivity index (χ4v) is 3.43. The molecule has 2 aromatic heterocycles. The Labute approximate surface area is 169 Å². The highest BCUT2D eigenvalue weighted by molar-refractivity contribution is 6.07. The molecule has 0 aliphatic heterocycles. The van der Waals surface area contributed by atoms with E-state index in [4.69, 9.17) is 0 Å². The molecular weight excluding hydrogens is 362 g/mol. The number of hydrogen-bond acceptors (Lipinski definition) is 5. The van der Waals surface area contributed by atoms with Crippen LogP contribution in [-0.2, 0) is 0 Å². The summed E-state index contributed by atoms with van der Waals surface area (Å²) in [6.07, 6.45) is 3.28. The van der Waals surface area contributed by atoms with Gasteiger partial charge in [0.25, 0.3) is 5.91 Å². The lowest BCUT2D eigenvalue weighted by Gasteiger charge is -2.13. The summed E-state index contributed by atoms with van der Waals surface area (Å²) in [6, 6.07) is 15.3. The van der Waals surface area contributed by atoms with Crippen molar-refractivity contribution in [3.05, 3.63) is 83.3 Å². The molecule has 0 saturated carbocycles. The van der Waals surface area contributed by atoms with Crippen LogP contribution in [0.1, 0.15) is 27.2 Å². The molecule has 0 aliphatic carbocycles. The maximum Gasteiger partial charge on any atom is 0.274 e. The largest absolute Gasteiger partial charge is 0.324 e. The molecule has 0 unspecified atom stereocenters. The number of nitrogens with one attached hydrogen (secondary N) is 2. The number of amides is 1. The number of nitrogens with zero attached hydrogens (tertiary/aromatic N) is 3. The predicted octanol–water partition coefficient (Wildman–Crippen LogP) is 4.95. The highest BCUT2D eigenvalue weighted by atomic mass is 16.1. The Morgan fingerprint density at radius 3 is 2.45 bits per heavy atom. The van der Waals surface area contributed by atoms with Gasteiger partial charge in [-0.1, -0.05) is 35.9 Å². The summed E-state index contributed by atoms with van der Waals surface area (Å²) in [5, 5.41) is 7.10. The van der Waals surface area contributed by atoms with E-state index in [9.17, 15) is 4.79 Å². The van der Waals surface area contributed by atoms with E-state index in [0.717, 1.165) is 27.7 Å². The molecule has 144 valence electrons. The minimum absolute atomic E-state index is 0.276. The summed E-state index contributed by atoms with van der Waals surface area (Å²) in [4.78, 5) is 25.8. The smallest absolute Gasteiger partial charge is 0.274 e. The number of para-hydroxylation sites is 1. The van der Waals surface area contributed by atoms with Crippen LogP contribution in [0.3, 0.4) is 0 Å². The third-order valence-electron chi connectivity index (χ3n) is 4.68. The van der Waals surface area contributed by atoms with Gasteiger partial charge >= 0.3 is 0 Å². The number of carbonyl (C=O) groups is 1. The molecule has 0 aliphatic rings. The summed E-state index contributed by atoms with van der Waals surface area (Å²) in [5.41, 5.74) is 6.01. The average molecular weight is 383 g/mol. The molecule has 6 nitrogen and oxygen atoms in total. The number of anilines is 3. The molecule has 0 atom stereocenters. The highest BCUT2D eigenvalue weighted by Crippen LogP contribution is 2.25. The first-order chi connectivity index (χ1) is 14.0. The van der Waals surface area contributed by atoms with Crippen molar-refractivity contribution in [1.82, 2.24) is 15.0 Å². The lowest BCUT2D eigenvalue weighted by Crippen LogP contribution is -2.15. The molecule has 0 bridgehead atoms. The Morgan fingerprint density at radius 1 is 0.897 bits per heavy atom. The minimum atomic E-state index is -0.314. The van der Waals surface area contributed by atoms with E-state index < -0.39 is 0 Å². The van der Waals surface area contributed by atoms with Gasteiger partial charge in [-0.05, 0) is 50.1 Å². The van der Waals surface area contributed by atoms with Crippen LogP contribution in [0.2, 0.25) is 0 Å². The van der Waals surface area contributed by atoms with Crippen molar-refractivity contribution in [2.45, 2.75) is 20.8 Å². The number of carbonyl (C=O) groups excluding carboxylic acids is 1. The average Bonchev–Trinajstić information content (AvgIpc) is 2.71. The van der Waals surface area contributed by atoms with E-state index >= 15 is 0 Å². The number of pyridine rings is 1. The zero-order chi connectivity index (χ0) is 20.4. The van der Waals surface area contributed by atoms with Crippen LogP contribution in [0.25, 0.3) is 10.9 Å². The predicted molar refractivity (Wildman–Crippen MR) is 116 cm³/mol. The maximum absolute atomic E-state index is 12.8. The Morgan fingerprint density at radius 2 is 1.66 bits per heavy atom. The second kappa shape index (κ2) is 7.67. The Bertz CT molecular complexity index is 1190. The summed E-state index contributed by atoms with van der Waals surface area (Å²) in [6.45, 7) is 6.13. The number of fused-ring (bicyclic) bond motifs is 1. The third kappa shape index (κ3) is 3.91. The van der Waals surface area contributed by atoms with Crippen molar-refractivity contribution in [3.63, 3.8) is 0 Å². The Hall–Kier alpha value is -3.80. The first-order valence-electron chi connectivity index (χ1n) is 9.34. The van der Waals surface area contributed by atoms with Crippen LogP contribution in [0.5, 0.6) is 0 Å². The van der Waals surface area contributed by atoms with E-state index in [1.54, 1.807) is 18.5 Å². The number of aromatic nitrogens is 3. The van der Waals surface area contributed by atoms with Crippen LogP contribution in [0, 0.1) is 20.8 Å². The van der Waals surface area contributed by atoms with Gasteiger partial charge in [-0.15, -0.1) is 0 Å². The first-order valence-corrected chi connectivity index (χ1v) is 9.34. The Kier molecular flexibility index (Phi) is 4.91. The van der Waals surface area contributed by atoms with Crippen molar-refractivity contribution < 1.29 is 4.79 Å². The van der Waals surface area contributed by atoms with E-state index in [2.05, 4.69) is 44.6 Å². The molecule has 0 fully saturated rings. The van der Waals surface area contributed by atoms with Crippen molar-refractivity contribution in [3.8, 4) is 0 Å². The van der Waals surface area contributed by atoms with Crippen LogP contribution >= 0.6 is 0 Å². The fraction of sp³-hybridized carbons (Fsp3) is 0.130. The van der Waals surface area contributed by atoms with E-state index in [0.29, 0.717) is 11.6 Å². The molecule has 1 amide bonds. The topological polar surface area (TPSA) is 79.8 Å². The van der Waals surface area contributed by atoms with Gasteiger partial charge in [0, 0.05) is 23.5 Å². The second-order valence-electron chi connectivity index (χ2n) is 7.00. The van der Waals surface area contributed by atoms with Gasteiger partial charge < -0.3 is 10.6 Å². The summed E-state index contributed by atoms with van der Waals surface area (Å²) in [7, 11) is 0. The van der Waals surface area contributed by atoms with E-state index in [-0.39, 0.29) is 11.6 Å². The molecule has 6 heteroatoms. The molecule has 0 saturated heterocycles. The molecule has 29 heavy (non-hydrogen) atoms. The molecule has 4 aromatic rings. The SMILES string of the molecule is Cc1cc(C)c(Nc2nccc(C(=O)Nc3cccc4cccnc34)n2)c(C)c1. The van der Waals surface area contributed by atoms with Gasteiger partial charge in [0.1, 0.15) is 5.69 Å². The van der Waals surface area contributed by atoms with Gasteiger partial charge in [-0.3, -0.25) is 9.78 Å². The molecule has 4 rings (SSSR count). The van der Waals surface area contributed by atoms with Crippen molar-refractivity contribution in [2.75, 3.05) is 10.6 Å². The normalized spacial score (nSPS) is 10.7. The second-order valence-corrected chi connectivity index (χ2v) is 7.00. The van der Waals surface area contributed by atoms with Gasteiger partial charge in [0.15, 0.2) is 0 Å². The van der Waals surface area contributed by atoms with Crippen molar-refractivity contribution >= 4 is 34.1 Å². The first kappa shape index (κ1) is 18.6. The maximum atomic E-state index is 12.8. The summed E-state index contributed by atoms with van der Waals surface area (Å²) >= 11 is 0. The lowest BCUT2D eigenvalue weighted by atomic mass is 10.1. The number of rotatable bonds is 4. The Balaban J connectivity index is 1.59. The lowest BCUT2D eigenvalue weighted by molar-refractivity contribution is 0.102. The molecule has 0 spiro atoms. The van der Waals surface area contributed by atoms with Crippen LogP contribution in [-0.4, -0.2) is 20.9 Å². The monoisotopic (exact) mass is 383 g/mol. The molecular formula is C23H21N5O. The molecule has 2 aromatic carbocycles. The highest BCUT2D eigenvalue weighted by Gasteiger charge is 2.13. The number of benzene rings is 2. The van der Waals surface area contributed by atoms with Crippen molar-refractivity contribution in [1.29, 1.82) is 0 Å². The fourth-order valence-electron chi connectivity index (χ4n) is 3.43. The summed E-state index contributed by atoms with van der Waals surface area (Å²) in [5.74, 6) is 0.0645. The van der Waals surface area contributed by atoms with Gasteiger partial charge in [0.2, 0.25) is 5.95 Å². The summed E-state index contributed by atoms with van der Waals surface area (Å²) < 4.78 is 0. The molecule has 0 radical (unpaired) electrons. The molecule has 2 N–H and O–H groups in total. The minimum Gasteiger partial charge on any atom is -0.324 e. The number of hydrogen-bond donors (Lipinski definition) is 2. The van der Waals surface area contributed by atoms with Gasteiger partial charge in [0.05, 0.1) is 11.2 Å². The van der Waals surface area contributed by atoms with E-state index in [1.807, 2.05) is 44.2 Å². The van der Waals surface area contributed by atoms with E-state index in [1.165, 1.54) is 5.56 Å². The zero-order valence-electron chi connectivity index (χ0n) is 16.5. The molecule has 2 heterocycles. The third-order valence-corrected chi connectivity index (χ3v) is 4.68. The zero-order valence-corrected chi connectivity index (χ0v) is 16.5. The van der Waals surface area contributed by atoms with Crippen molar-refractivity contribution in [2.24, 2.45) is 0 Å². The van der Waals surface area contributed by atoms with Gasteiger partial charge in [-0.25, -0.2) is 9.97 Å². The van der Waals surface area contributed by atoms with Crippen LogP contribution < -0.4 is 10.6 Å². The van der Waals surface area contributed by atoms with Crippen LogP contribution in [0.15, 0.2) is 60.9 Å². The van der Waals surface area contributed by atoms with Crippen LogP contribution in [0.4, 0.5) is 17.3 Å². The standard InChI is InChI=1S/C23H21N5O/c1-14-12-15(2)20(16(3)13-14)28-23-25-11-9-19(27-23)22(29)26-18-8-4-6-17-7-5-10-24-21(17)18/h4-13H,1-3H3,(H,26,29)(H,25,27,28). The number of aryl methyl sites for hydroxylation is 3. The van der Waals surface area contributed by atoms with Gasteiger partial charge in [-0.2, -0.15) is 0 Å².